The second kappa shape index (κ2) is 6.49. The monoisotopic (exact) mass is 401 g/mol. The molecule has 1 aliphatic heterocycles. The summed E-state index contributed by atoms with van der Waals surface area (Å²) in [5.74, 6) is -2.55. The van der Waals surface area contributed by atoms with Crippen molar-refractivity contribution >= 4 is 39.5 Å². The van der Waals surface area contributed by atoms with E-state index in [0.29, 0.717) is 4.88 Å². The molecule has 136 valence electrons. The van der Waals surface area contributed by atoms with Gasteiger partial charge in [0, 0.05) is 11.6 Å². The SMILES string of the molecule is O=C(C1=C(O)C(=O)N(c2nncs2)C1c1ccc(O)cc1O)c1cccs1. The van der Waals surface area contributed by atoms with E-state index in [2.05, 4.69) is 10.2 Å². The van der Waals surface area contributed by atoms with Crippen LogP contribution in [0.2, 0.25) is 0 Å². The molecule has 10 heteroatoms. The number of nitrogens with zero attached hydrogens (tertiary/aromatic N) is 3. The molecule has 27 heavy (non-hydrogen) atoms. The lowest BCUT2D eigenvalue weighted by Crippen LogP contribution is -2.31. The van der Waals surface area contributed by atoms with Crippen LogP contribution < -0.4 is 4.90 Å². The number of aromatic hydroxyl groups is 2. The van der Waals surface area contributed by atoms with Gasteiger partial charge in [-0.15, -0.1) is 21.5 Å². The lowest BCUT2D eigenvalue weighted by molar-refractivity contribution is -0.117. The van der Waals surface area contributed by atoms with Crippen LogP contribution in [0.15, 0.2) is 52.6 Å². The predicted molar refractivity (Wildman–Crippen MR) is 98.2 cm³/mol. The lowest BCUT2D eigenvalue weighted by atomic mass is 9.95. The molecule has 0 aliphatic carbocycles. The number of rotatable bonds is 4. The summed E-state index contributed by atoms with van der Waals surface area (Å²) < 4.78 is 0. The average molecular weight is 401 g/mol. The van der Waals surface area contributed by atoms with E-state index >= 15 is 0 Å². The number of Topliss-reactive ketones (excluding diaryl/α,β-unsaturated/α-hetero) is 1. The minimum atomic E-state index is -1.11. The van der Waals surface area contributed by atoms with Crippen LogP contribution in [0.3, 0.4) is 0 Å². The molecule has 0 bridgehead atoms. The van der Waals surface area contributed by atoms with Crippen molar-refractivity contribution in [3.63, 3.8) is 0 Å². The standard InChI is InChI=1S/C17H11N3O5S2/c21-8-3-4-9(10(22)6-8)13-12(14(23)11-2-1-5-26-11)15(24)16(25)20(13)17-19-18-7-27-17/h1-7,13,21-22,24H. The van der Waals surface area contributed by atoms with Crippen LogP contribution in [0.25, 0.3) is 0 Å². The topological polar surface area (TPSA) is 124 Å². The first kappa shape index (κ1) is 17.2. The van der Waals surface area contributed by atoms with E-state index in [9.17, 15) is 24.9 Å². The first-order valence-electron chi connectivity index (χ1n) is 7.62. The number of hydrogen-bond donors (Lipinski definition) is 3. The number of aliphatic hydroxyl groups is 1. The van der Waals surface area contributed by atoms with Gasteiger partial charge in [-0.2, -0.15) is 0 Å². The fraction of sp³-hybridized carbons (Fsp3) is 0.0588. The Morgan fingerprint density at radius 2 is 1.96 bits per heavy atom. The van der Waals surface area contributed by atoms with Crippen molar-refractivity contribution in [1.29, 1.82) is 0 Å². The summed E-state index contributed by atoms with van der Waals surface area (Å²) in [4.78, 5) is 27.2. The number of amides is 1. The van der Waals surface area contributed by atoms with Crippen LogP contribution in [0.1, 0.15) is 21.3 Å². The molecular formula is C17H11N3O5S2. The molecular weight excluding hydrogens is 390 g/mol. The number of thiophene rings is 1. The van der Waals surface area contributed by atoms with Crippen molar-refractivity contribution in [3.8, 4) is 11.5 Å². The molecule has 1 aromatic carbocycles. The first-order valence-corrected chi connectivity index (χ1v) is 9.38. The summed E-state index contributed by atoms with van der Waals surface area (Å²) in [5, 5.41) is 39.8. The van der Waals surface area contributed by atoms with E-state index in [1.165, 1.54) is 29.0 Å². The highest BCUT2D eigenvalue weighted by Crippen LogP contribution is 2.45. The highest BCUT2D eigenvalue weighted by atomic mass is 32.1. The Labute approximate surface area is 160 Å². The highest BCUT2D eigenvalue weighted by Gasteiger charge is 2.47. The molecule has 0 saturated carbocycles. The van der Waals surface area contributed by atoms with Crippen LogP contribution >= 0.6 is 22.7 Å². The Bertz CT molecular complexity index is 1060. The molecule has 3 aromatic rings. The van der Waals surface area contributed by atoms with Crippen molar-refractivity contribution in [2.24, 2.45) is 0 Å². The molecule has 1 atom stereocenters. The third-order valence-electron chi connectivity index (χ3n) is 4.06. The Balaban J connectivity index is 1.92. The van der Waals surface area contributed by atoms with Crippen LogP contribution in [0, 0.1) is 0 Å². The molecule has 0 spiro atoms. The summed E-state index contributed by atoms with van der Waals surface area (Å²) in [7, 11) is 0. The highest BCUT2D eigenvalue weighted by molar-refractivity contribution is 7.13. The maximum Gasteiger partial charge on any atom is 0.296 e. The van der Waals surface area contributed by atoms with Crippen LogP contribution in [-0.4, -0.2) is 37.2 Å². The maximum absolute atomic E-state index is 13.0. The molecule has 1 amide bonds. The van der Waals surface area contributed by atoms with Gasteiger partial charge in [0.2, 0.25) is 10.9 Å². The fourth-order valence-corrected chi connectivity index (χ4v) is 4.17. The zero-order valence-electron chi connectivity index (χ0n) is 13.4. The van der Waals surface area contributed by atoms with E-state index in [1.54, 1.807) is 17.5 Å². The van der Waals surface area contributed by atoms with E-state index < -0.39 is 23.5 Å². The molecule has 8 nitrogen and oxygen atoms in total. The second-order valence-corrected chi connectivity index (χ2v) is 7.37. The summed E-state index contributed by atoms with van der Waals surface area (Å²) >= 11 is 2.22. The zero-order chi connectivity index (χ0) is 19.1. The number of benzene rings is 1. The van der Waals surface area contributed by atoms with Crippen molar-refractivity contribution < 1.29 is 24.9 Å². The molecule has 3 heterocycles. The molecule has 0 saturated heterocycles. The lowest BCUT2D eigenvalue weighted by Gasteiger charge is -2.24. The number of aliphatic hydroxyl groups excluding tert-OH is 1. The second-order valence-electron chi connectivity index (χ2n) is 5.61. The number of carbonyl (C=O) groups excluding carboxylic acids is 2. The van der Waals surface area contributed by atoms with E-state index in [-0.39, 0.29) is 27.8 Å². The Kier molecular flexibility index (Phi) is 4.13. The minimum Gasteiger partial charge on any atom is -0.508 e. The van der Waals surface area contributed by atoms with E-state index in [1.807, 2.05) is 0 Å². The molecule has 1 aliphatic rings. The number of phenolic OH excluding ortho intramolecular Hbond substituents is 2. The largest absolute Gasteiger partial charge is 0.508 e. The normalized spacial score (nSPS) is 17.0. The average Bonchev–Trinajstić information content (AvgIpc) is 3.37. The number of aromatic nitrogens is 2. The van der Waals surface area contributed by atoms with Crippen molar-refractivity contribution in [1.82, 2.24) is 10.2 Å². The van der Waals surface area contributed by atoms with Gasteiger partial charge in [0.1, 0.15) is 23.1 Å². The summed E-state index contributed by atoms with van der Waals surface area (Å²) in [6.07, 6.45) is 0. The zero-order valence-corrected chi connectivity index (χ0v) is 15.1. The third kappa shape index (κ3) is 2.75. The number of phenols is 2. The summed E-state index contributed by atoms with van der Waals surface area (Å²) in [6.45, 7) is 0. The van der Waals surface area contributed by atoms with E-state index in [0.717, 1.165) is 22.3 Å². The van der Waals surface area contributed by atoms with Gasteiger partial charge in [-0.25, -0.2) is 0 Å². The molecule has 0 fully saturated rings. The van der Waals surface area contributed by atoms with Crippen molar-refractivity contribution in [2.75, 3.05) is 4.90 Å². The molecule has 3 N–H and O–H groups in total. The quantitative estimate of drug-likeness (QED) is 0.574. The fourth-order valence-electron chi connectivity index (χ4n) is 2.90. The molecule has 0 radical (unpaired) electrons. The van der Waals surface area contributed by atoms with Gasteiger partial charge < -0.3 is 15.3 Å². The smallest absolute Gasteiger partial charge is 0.296 e. The molecule has 2 aromatic heterocycles. The van der Waals surface area contributed by atoms with Crippen LogP contribution in [-0.2, 0) is 4.79 Å². The number of ketones is 1. The predicted octanol–water partition coefficient (Wildman–Crippen LogP) is 2.79. The summed E-state index contributed by atoms with van der Waals surface area (Å²) in [5.41, 5.74) is 1.41. The van der Waals surface area contributed by atoms with Gasteiger partial charge in [-0.05, 0) is 23.6 Å². The maximum atomic E-state index is 13.0. The van der Waals surface area contributed by atoms with Gasteiger partial charge >= 0.3 is 0 Å². The van der Waals surface area contributed by atoms with Crippen molar-refractivity contribution in [3.05, 3.63) is 63.0 Å². The van der Waals surface area contributed by atoms with Crippen LogP contribution in [0.4, 0.5) is 5.13 Å². The minimum absolute atomic E-state index is 0.165. The van der Waals surface area contributed by atoms with Gasteiger partial charge in [-0.3, -0.25) is 14.5 Å². The van der Waals surface area contributed by atoms with Gasteiger partial charge in [0.25, 0.3) is 5.91 Å². The van der Waals surface area contributed by atoms with Crippen molar-refractivity contribution in [2.45, 2.75) is 6.04 Å². The van der Waals surface area contributed by atoms with E-state index in [4.69, 9.17) is 0 Å². The first-order chi connectivity index (χ1) is 13.0. The molecule has 1 unspecified atom stereocenters. The molecule has 4 rings (SSSR count). The summed E-state index contributed by atoms with van der Waals surface area (Å²) in [6, 6.07) is 5.96. The van der Waals surface area contributed by atoms with Gasteiger partial charge in [0.05, 0.1) is 10.5 Å². The third-order valence-corrected chi connectivity index (χ3v) is 5.62. The Hall–Kier alpha value is -3.24. The van der Waals surface area contributed by atoms with Crippen LogP contribution in [0.5, 0.6) is 11.5 Å². The number of anilines is 1. The van der Waals surface area contributed by atoms with Gasteiger partial charge in [-0.1, -0.05) is 17.4 Å². The number of hydrogen-bond acceptors (Lipinski definition) is 9. The Morgan fingerprint density at radius 1 is 1.15 bits per heavy atom. The van der Waals surface area contributed by atoms with Gasteiger partial charge in [0.15, 0.2) is 5.76 Å². The number of carbonyl (C=O) groups is 2. The Morgan fingerprint density at radius 3 is 2.59 bits per heavy atom.